The minimum absolute atomic E-state index is 0. The van der Waals surface area contributed by atoms with Crippen molar-refractivity contribution in [1.29, 1.82) is 0 Å². The van der Waals surface area contributed by atoms with Crippen molar-refractivity contribution in [2.75, 3.05) is 20.6 Å². The summed E-state index contributed by atoms with van der Waals surface area (Å²) < 4.78 is 0. The Morgan fingerprint density at radius 1 is 0.714 bits per heavy atom. The van der Waals surface area contributed by atoms with Gasteiger partial charge >= 0.3 is 0 Å². The molecule has 0 rings (SSSR count). The largest absolute Gasteiger partial charge is 0.309 e. The molecule has 0 radical (unpaired) electrons. The summed E-state index contributed by atoms with van der Waals surface area (Å²) in [5.74, 6) is 0. The number of hydrogen-bond donors (Lipinski definition) is 0. The molecule has 0 amide bonds. The molecule has 1 nitrogen and oxygen atoms in total. The molecule has 0 saturated carbocycles. The Hall–Kier alpha value is 0.596. The molecule has 0 atom stereocenters. The van der Waals surface area contributed by atoms with Crippen LogP contribution in [0.15, 0.2) is 0 Å². The molecule has 0 aromatic rings. The zero-order valence-electron chi connectivity index (χ0n) is 10.2. The molecule has 0 unspecified atom stereocenters. The molecule has 0 N–H and O–H groups in total. The molecule has 0 saturated heterocycles. The second-order valence-corrected chi connectivity index (χ2v) is 4.28. The van der Waals surface area contributed by atoms with Crippen molar-refractivity contribution in [2.24, 2.45) is 0 Å². The van der Waals surface area contributed by atoms with Crippen LogP contribution >= 0.6 is 0 Å². The molecular formula is C12H27NOs. The zero-order valence-corrected chi connectivity index (χ0v) is 12.7. The van der Waals surface area contributed by atoms with Crippen molar-refractivity contribution in [1.82, 2.24) is 4.90 Å². The van der Waals surface area contributed by atoms with E-state index in [1.165, 1.54) is 57.9 Å². The molecule has 0 fully saturated rings. The summed E-state index contributed by atoms with van der Waals surface area (Å²) in [6.45, 7) is 3.53. The molecule has 14 heavy (non-hydrogen) atoms. The van der Waals surface area contributed by atoms with E-state index in [1.54, 1.807) is 0 Å². The Morgan fingerprint density at radius 2 is 1.14 bits per heavy atom. The third kappa shape index (κ3) is 15.1. The van der Waals surface area contributed by atoms with Crippen molar-refractivity contribution >= 4 is 0 Å². The van der Waals surface area contributed by atoms with Crippen LogP contribution in [-0.4, -0.2) is 25.5 Å². The van der Waals surface area contributed by atoms with E-state index in [2.05, 4.69) is 25.9 Å². The van der Waals surface area contributed by atoms with Crippen LogP contribution in [-0.2, 0) is 19.8 Å². The molecule has 0 heterocycles. The fourth-order valence-electron chi connectivity index (χ4n) is 1.56. The van der Waals surface area contributed by atoms with Crippen LogP contribution in [0.25, 0.3) is 0 Å². The molecule has 0 aliphatic carbocycles. The maximum absolute atomic E-state index is 2.27. The summed E-state index contributed by atoms with van der Waals surface area (Å²) in [5.41, 5.74) is 0. The topological polar surface area (TPSA) is 3.24 Å². The first-order valence-electron chi connectivity index (χ1n) is 5.92. The first-order chi connectivity index (χ1) is 6.27. The zero-order chi connectivity index (χ0) is 9.94. The average molecular weight is 376 g/mol. The van der Waals surface area contributed by atoms with Crippen LogP contribution in [0.4, 0.5) is 0 Å². The van der Waals surface area contributed by atoms with Crippen LogP contribution in [0, 0.1) is 0 Å². The molecule has 0 aromatic heterocycles. The second kappa shape index (κ2) is 13.6. The van der Waals surface area contributed by atoms with Gasteiger partial charge in [0.05, 0.1) is 0 Å². The standard InChI is InChI=1S/C12H27N.Os/c1-4-5-6-7-8-9-10-11-12-13(2)3;/h4-12H2,1-3H3;. The van der Waals surface area contributed by atoms with E-state index in [9.17, 15) is 0 Å². The molecular weight excluding hydrogens is 348 g/mol. The van der Waals surface area contributed by atoms with Gasteiger partial charge in [-0.2, -0.15) is 0 Å². The average Bonchev–Trinajstić information content (AvgIpc) is 2.09. The molecule has 2 heteroatoms. The van der Waals surface area contributed by atoms with E-state index in [4.69, 9.17) is 0 Å². The van der Waals surface area contributed by atoms with E-state index in [-0.39, 0.29) is 19.8 Å². The van der Waals surface area contributed by atoms with Crippen molar-refractivity contribution in [3.63, 3.8) is 0 Å². The fraction of sp³-hybridized carbons (Fsp3) is 1.00. The third-order valence-corrected chi connectivity index (χ3v) is 2.46. The summed E-state index contributed by atoms with van der Waals surface area (Å²) >= 11 is 0. The van der Waals surface area contributed by atoms with Gasteiger partial charge in [0.2, 0.25) is 0 Å². The van der Waals surface area contributed by atoms with Crippen LogP contribution in [0.5, 0.6) is 0 Å². The van der Waals surface area contributed by atoms with Crippen LogP contribution in [0.3, 0.4) is 0 Å². The van der Waals surface area contributed by atoms with Gasteiger partial charge in [-0.25, -0.2) is 0 Å². The van der Waals surface area contributed by atoms with Crippen LogP contribution in [0.1, 0.15) is 58.3 Å². The molecule has 0 bridgehead atoms. The summed E-state index contributed by atoms with van der Waals surface area (Å²) in [7, 11) is 4.31. The smallest absolute Gasteiger partial charge is 0 e. The second-order valence-electron chi connectivity index (χ2n) is 4.28. The molecule has 88 valence electrons. The summed E-state index contributed by atoms with van der Waals surface area (Å²) in [6.07, 6.45) is 11.4. The maximum atomic E-state index is 2.27. The van der Waals surface area contributed by atoms with Gasteiger partial charge in [-0.3, -0.25) is 0 Å². The van der Waals surface area contributed by atoms with Crippen LogP contribution < -0.4 is 0 Å². The quantitative estimate of drug-likeness (QED) is 0.556. The SMILES string of the molecule is CCCCCCCCCCN(C)C.[Os]. The first-order valence-corrected chi connectivity index (χ1v) is 5.92. The monoisotopic (exact) mass is 377 g/mol. The Morgan fingerprint density at radius 3 is 1.57 bits per heavy atom. The van der Waals surface area contributed by atoms with Crippen LogP contribution in [0.2, 0.25) is 0 Å². The predicted octanol–water partition coefficient (Wildman–Crippen LogP) is 3.69. The first kappa shape index (κ1) is 17.0. The van der Waals surface area contributed by atoms with Gasteiger partial charge in [-0.15, -0.1) is 0 Å². The van der Waals surface area contributed by atoms with Crippen molar-refractivity contribution in [3.05, 3.63) is 0 Å². The molecule has 0 spiro atoms. The molecule has 0 aliphatic heterocycles. The van der Waals surface area contributed by atoms with E-state index < -0.39 is 0 Å². The Labute approximate surface area is 104 Å². The summed E-state index contributed by atoms with van der Waals surface area (Å²) in [6, 6.07) is 0. The van der Waals surface area contributed by atoms with Gasteiger partial charge in [-0.1, -0.05) is 51.9 Å². The Kier molecular flexibility index (Phi) is 16.5. The summed E-state index contributed by atoms with van der Waals surface area (Å²) in [4.78, 5) is 2.27. The van der Waals surface area contributed by atoms with Gasteiger partial charge in [-0.05, 0) is 27.1 Å². The third-order valence-electron chi connectivity index (χ3n) is 2.46. The van der Waals surface area contributed by atoms with Crippen molar-refractivity contribution in [2.45, 2.75) is 58.3 Å². The minimum Gasteiger partial charge on any atom is -0.309 e. The van der Waals surface area contributed by atoms with Crippen molar-refractivity contribution < 1.29 is 19.8 Å². The van der Waals surface area contributed by atoms with Gasteiger partial charge in [0.15, 0.2) is 0 Å². The van der Waals surface area contributed by atoms with E-state index in [0.717, 1.165) is 0 Å². The van der Waals surface area contributed by atoms with E-state index >= 15 is 0 Å². The number of unbranched alkanes of at least 4 members (excludes halogenated alkanes) is 7. The van der Waals surface area contributed by atoms with Crippen molar-refractivity contribution in [3.8, 4) is 0 Å². The van der Waals surface area contributed by atoms with Gasteiger partial charge in [0.25, 0.3) is 0 Å². The molecule has 0 aromatic carbocycles. The number of nitrogens with zero attached hydrogens (tertiary/aromatic N) is 1. The van der Waals surface area contributed by atoms with Gasteiger partial charge in [0.1, 0.15) is 0 Å². The number of hydrogen-bond acceptors (Lipinski definition) is 1. The number of rotatable bonds is 9. The summed E-state index contributed by atoms with van der Waals surface area (Å²) in [5, 5.41) is 0. The Balaban J connectivity index is 0. The maximum Gasteiger partial charge on any atom is 0 e. The Bertz CT molecular complexity index is 94.3. The molecule has 0 aliphatic rings. The van der Waals surface area contributed by atoms with Gasteiger partial charge < -0.3 is 4.90 Å². The fourth-order valence-corrected chi connectivity index (χ4v) is 1.56. The van der Waals surface area contributed by atoms with Gasteiger partial charge in [0, 0.05) is 19.8 Å². The van der Waals surface area contributed by atoms with E-state index in [1.807, 2.05) is 0 Å². The predicted molar refractivity (Wildman–Crippen MR) is 61.2 cm³/mol. The van der Waals surface area contributed by atoms with E-state index in [0.29, 0.717) is 0 Å². The minimum atomic E-state index is 0. The normalized spacial score (nSPS) is 10.3.